The molecule has 3 heteroatoms. The average Bonchev–Trinajstić information content (AvgIpc) is 1.68. The monoisotopic (exact) mass is 138 g/mol. The Morgan fingerprint density at radius 2 is 2.14 bits per heavy atom. The Labute approximate surface area is 50.6 Å². The molecule has 0 aliphatic rings. The van der Waals surface area contributed by atoms with E-state index in [2.05, 4.69) is 6.92 Å². The van der Waals surface area contributed by atoms with Gasteiger partial charge in [-0.2, -0.15) is 0 Å². The zero-order valence-electron chi connectivity index (χ0n) is 4.73. The topological polar surface area (TPSA) is 9.23 Å². The number of rotatable bonds is 3. The van der Waals surface area contributed by atoms with Crippen LogP contribution in [0.4, 0.5) is 0 Å². The third-order valence-electron chi connectivity index (χ3n) is 0.594. The van der Waals surface area contributed by atoms with Crippen molar-refractivity contribution in [1.82, 2.24) is 0 Å². The van der Waals surface area contributed by atoms with Crippen LogP contribution >= 0.6 is 6.92 Å². The lowest BCUT2D eigenvalue weighted by Crippen LogP contribution is -1.76. The Balaban J connectivity index is 3.00. The molecule has 0 aliphatic carbocycles. The summed E-state index contributed by atoms with van der Waals surface area (Å²) in [6.07, 6.45) is 1.04. The van der Waals surface area contributed by atoms with Crippen molar-refractivity contribution in [2.75, 3.05) is 12.8 Å². The Morgan fingerprint density at radius 1 is 1.57 bits per heavy atom. The van der Waals surface area contributed by atoms with Crippen LogP contribution in [0.5, 0.6) is 0 Å². The maximum Gasteiger partial charge on any atom is 0.0556 e. The molecule has 0 fully saturated rings. The summed E-state index contributed by atoms with van der Waals surface area (Å²) in [5, 5.41) is 0. The van der Waals surface area contributed by atoms with Gasteiger partial charge in [-0.1, -0.05) is 18.7 Å². The van der Waals surface area contributed by atoms with Gasteiger partial charge in [-0.3, -0.25) is 0 Å². The van der Waals surface area contributed by atoms with Gasteiger partial charge in [0, 0.05) is 6.61 Å². The molecular formula is C4H11OPS. The normalized spacial score (nSPS) is 14.0. The van der Waals surface area contributed by atoms with Gasteiger partial charge in [0.2, 0.25) is 0 Å². The quantitative estimate of drug-likeness (QED) is 0.548. The molecule has 0 aliphatic heterocycles. The first-order chi connectivity index (χ1) is 3.31. The van der Waals surface area contributed by atoms with Crippen LogP contribution in [-0.4, -0.2) is 12.8 Å². The lowest BCUT2D eigenvalue weighted by atomic mass is 10.9. The van der Waals surface area contributed by atoms with E-state index in [-0.39, 0.29) is 0 Å². The van der Waals surface area contributed by atoms with E-state index >= 15 is 0 Å². The lowest BCUT2D eigenvalue weighted by molar-refractivity contribution is 0.388. The molecule has 1 atom stereocenters. The first-order valence-corrected chi connectivity index (χ1v) is 5.21. The molecule has 0 aromatic heterocycles. The van der Waals surface area contributed by atoms with Crippen LogP contribution in [0.15, 0.2) is 0 Å². The molecule has 0 rings (SSSR count). The minimum atomic E-state index is -0.797. The largest absolute Gasteiger partial charge is 0.354 e. The van der Waals surface area contributed by atoms with E-state index in [0.717, 1.165) is 12.8 Å². The third-order valence-corrected chi connectivity index (χ3v) is 3.00. The van der Waals surface area contributed by atoms with E-state index in [4.69, 9.17) is 16.3 Å². The van der Waals surface area contributed by atoms with Gasteiger partial charge in [-0.15, -0.1) is 0 Å². The summed E-state index contributed by atoms with van der Waals surface area (Å²) in [5.74, 6) is 0. The van der Waals surface area contributed by atoms with Gasteiger partial charge in [-0.25, -0.2) is 0 Å². The van der Waals surface area contributed by atoms with Gasteiger partial charge >= 0.3 is 0 Å². The van der Waals surface area contributed by atoms with Gasteiger partial charge in [0.1, 0.15) is 0 Å². The Kier molecular flexibility index (Phi) is 5.18. The molecule has 1 nitrogen and oxygen atoms in total. The van der Waals surface area contributed by atoms with Crippen molar-refractivity contribution < 1.29 is 4.52 Å². The van der Waals surface area contributed by atoms with Gasteiger partial charge < -0.3 is 4.52 Å². The smallest absolute Gasteiger partial charge is 0.0556 e. The third kappa shape index (κ3) is 4.46. The zero-order chi connectivity index (χ0) is 5.70. The summed E-state index contributed by atoms with van der Waals surface area (Å²) in [6.45, 7) is 4.03. The second-order valence-electron chi connectivity index (χ2n) is 1.16. The van der Waals surface area contributed by atoms with Crippen LogP contribution in [0.2, 0.25) is 0 Å². The summed E-state index contributed by atoms with van der Waals surface area (Å²) in [7, 11) is 0. The molecule has 0 N–H and O–H groups in total. The van der Waals surface area contributed by atoms with Crippen molar-refractivity contribution in [3.8, 4) is 0 Å². The Morgan fingerprint density at radius 3 is 2.29 bits per heavy atom. The van der Waals surface area contributed by atoms with E-state index in [1.807, 2.05) is 6.92 Å². The van der Waals surface area contributed by atoms with Crippen molar-refractivity contribution in [2.24, 2.45) is 0 Å². The SMILES string of the molecule is CCO[PH](=S)CC. The highest BCUT2D eigenvalue weighted by Gasteiger charge is 1.83. The first kappa shape index (κ1) is 7.61. The molecule has 7 heavy (non-hydrogen) atoms. The number of hydrogen-bond acceptors (Lipinski definition) is 2. The molecule has 0 radical (unpaired) electrons. The van der Waals surface area contributed by atoms with E-state index in [0.29, 0.717) is 0 Å². The fraction of sp³-hybridized carbons (Fsp3) is 1.00. The molecule has 0 amide bonds. The van der Waals surface area contributed by atoms with Gasteiger partial charge in [0.15, 0.2) is 0 Å². The summed E-state index contributed by atoms with van der Waals surface area (Å²) < 4.78 is 5.11. The highest BCUT2D eigenvalue weighted by molar-refractivity contribution is 8.02. The highest BCUT2D eigenvalue weighted by Crippen LogP contribution is 2.19. The zero-order valence-corrected chi connectivity index (χ0v) is 6.55. The van der Waals surface area contributed by atoms with Crippen LogP contribution < -0.4 is 0 Å². The summed E-state index contributed by atoms with van der Waals surface area (Å²) in [4.78, 5) is 0. The van der Waals surface area contributed by atoms with E-state index in [1.165, 1.54) is 0 Å². The fourth-order valence-corrected chi connectivity index (χ4v) is 1.14. The molecule has 0 saturated heterocycles. The summed E-state index contributed by atoms with van der Waals surface area (Å²) in [6, 6.07) is 0. The van der Waals surface area contributed by atoms with E-state index in [9.17, 15) is 0 Å². The minimum Gasteiger partial charge on any atom is -0.354 e. The molecule has 0 bridgehead atoms. The van der Waals surface area contributed by atoms with Gasteiger partial charge in [-0.05, 0) is 13.1 Å². The van der Waals surface area contributed by atoms with Gasteiger partial charge in [0.05, 0.1) is 6.92 Å². The van der Waals surface area contributed by atoms with E-state index in [1.54, 1.807) is 0 Å². The molecule has 0 heterocycles. The van der Waals surface area contributed by atoms with Crippen LogP contribution in [0.3, 0.4) is 0 Å². The van der Waals surface area contributed by atoms with Crippen LogP contribution in [0, 0.1) is 0 Å². The van der Waals surface area contributed by atoms with Crippen LogP contribution in [-0.2, 0) is 16.3 Å². The molecule has 0 aromatic carbocycles. The molecular weight excluding hydrogens is 127 g/mol. The van der Waals surface area contributed by atoms with Gasteiger partial charge in [0.25, 0.3) is 0 Å². The number of hydrogen-bond donors (Lipinski definition) is 0. The maximum atomic E-state index is 5.11. The molecule has 0 spiro atoms. The highest BCUT2D eigenvalue weighted by atomic mass is 32.4. The van der Waals surface area contributed by atoms with Crippen molar-refractivity contribution in [3.05, 3.63) is 0 Å². The predicted molar refractivity (Wildman–Crippen MR) is 37.8 cm³/mol. The average molecular weight is 138 g/mol. The standard InChI is InChI=1S/C4H11OPS/c1-3-5-6(7)4-2/h6H,3-4H2,1-2H3. The second-order valence-corrected chi connectivity index (χ2v) is 4.26. The van der Waals surface area contributed by atoms with E-state index < -0.39 is 6.92 Å². The molecule has 1 unspecified atom stereocenters. The molecule has 0 aromatic rings. The molecule has 0 saturated carbocycles. The first-order valence-electron chi connectivity index (χ1n) is 2.46. The fourth-order valence-electron chi connectivity index (χ4n) is 0.263. The lowest BCUT2D eigenvalue weighted by Gasteiger charge is -1.96. The van der Waals surface area contributed by atoms with Crippen LogP contribution in [0.25, 0.3) is 0 Å². The van der Waals surface area contributed by atoms with Crippen molar-refractivity contribution in [1.29, 1.82) is 0 Å². The van der Waals surface area contributed by atoms with Crippen molar-refractivity contribution in [3.63, 3.8) is 0 Å². The summed E-state index contributed by atoms with van der Waals surface area (Å²) >= 11 is 4.92. The maximum absolute atomic E-state index is 5.11. The van der Waals surface area contributed by atoms with Crippen LogP contribution in [0.1, 0.15) is 13.8 Å². The second kappa shape index (κ2) is 4.76. The Bertz CT molecular complexity index is 64.7. The minimum absolute atomic E-state index is 0.783. The predicted octanol–water partition coefficient (Wildman–Crippen LogP) is 1.63. The summed E-state index contributed by atoms with van der Waals surface area (Å²) in [5.41, 5.74) is 0. The molecule has 44 valence electrons. The van der Waals surface area contributed by atoms with Crippen molar-refractivity contribution >= 4 is 18.7 Å². The Hall–Kier alpha value is 0.610. The van der Waals surface area contributed by atoms with Crippen molar-refractivity contribution in [2.45, 2.75) is 13.8 Å².